The Balaban J connectivity index is 1.91. The van der Waals surface area contributed by atoms with Gasteiger partial charge in [0.15, 0.2) is 6.23 Å². The summed E-state index contributed by atoms with van der Waals surface area (Å²) in [4.78, 5) is 14.5. The molecule has 0 aromatic heterocycles. The molecule has 0 unspecified atom stereocenters. The van der Waals surface area contributed by atoms with Crippen LogP contribution < -0.4 is 0 Å². The number of hydrogen-bond donors (Lipinski definition) is 0. The number of carbonyl (C=O) groups is 1. The summed E-state index contributed by atoms with van der Waals surface area (Å²) < 4.78 is 6.42. The fourth-order valence-electron chi connectivity index (χ4n) is 4.43. The van der Waals surface area contributed by atoms with Crippen LogP contribution in [0.3, 0.4) is 0 Å². The van der Waals surface area contributed by atoms with Gasteiger partial charge < -0.3 is 9.64 Å². The van der Waals surface area contributed by atoms with Crippen molar-refractivity contribution in [3.05, 3.63) is 54.6 Å². The zero-order chi connectivity index (χ0) is 18.0. The lowest BCUT2D eigenvalue weighted by Gasteiger charge is -2.56. The monoisotopic (exact) mass is 339 g/mol. The van der Waals surface area contributed by atoms with E-state index in [-0.39, 0.29) is 23.8 Å². The van der Waals surface area contributed by atoms with Gasteiger partial charge >= 0.3 is 0 Å². The molecule has 3 heteroatoms. The SMILES string of the molecule is C=CC(=O)N1[C@H](/C=C/c2ccccc2)O[C@@H]2C[C@H](C)CC[C@H]2C1(C)C. The Morgan fingerprint density at radius 2 is 2.00 bits per heavy atom. The van der Waals surface area contributed by atoms with Crippen LogP contribution in [0.15, 0.2) is 49.1 Å². The van der Waals surface area contributed by atoms with Crippen LogP contribution in [0.1, 0.15) is 45.6 Å². The Morgan fingerprint density at radius 3 is 2.68 bits per heavy atom. The summed E-state index contributed by atoms with van der Waals surface area (Å²) in [6.45, 7) is 10.3. The predicted molar refractivity (Wildman–Crippen MR) is 102 cm³/mol. The van der Waals surface area contributed by atoms with Crippen LogP contribution in [0.4, 0.5) is 0 Å². The van der Waals surface area contributed by atoms with Crippen molar-refractivity contribution in [3.8, 4) is 0 Å². The van der Waals surface area contributed by atoms with Crippen LogP contribution in [0.25, 0.3) is 6.08 Å². The molecular formula is C22H29NO2. The molecule has 1 aliphatic carbocycles. The smallest absolute Gasteiger partial charge is 0.248 e. The van der Waals surface area contributed by atoms with Gasteiger partial charge in [0.25, 0.3) is 0 Å². The molecule has 0 spiro atoms. The first-order chi connectivity index (χ1) is 11.9. The fourth-order valence-corrected chi connectivity index (χ4v) is 4.43. The Hall–Kier alpha value is -1.87. The fraction of sp³-hybridized carbons (Fsp3) is 0.500. The van der Waals surface area contributed by atoms with Gasteiger partial charge in [-0.05, 0) is 50.3 Å². The van der Waals surface area contributed by atoms with Gasteiger partial charge in [-0.1, -0.05) is 56.3 Å². The van der Waals surface area contributed by atoms with Gasteiger partial charge in [0.05, 0.1) is 6.10 Å². The molecule has 25 heavy (non-hydrogen) atoms. The Bertz CT molecular complexity index is 649. The highest BCUT2D eigenvalue weighted by atomic mass is 16.5. The average molecular weight is 339 g/mol. The van der Waals surface area contributed by atoms with E-state index in [1.807, 2.05) is 35.3 Å². The highest BCUT2D eigenvalue weighted by Crippen LogP contribution is 2.45. The minimum atomic E-state index is -0.354. The van der Waals surface area contributed by atoms with E-state index in [1.54, 1.807) is 0 Å². The summed E-state index contributed by atoms with van der Waals surface area (Å²) in [5.74, 6) is 0.983. The molecule has 4 atom stereocenters. The van der Waals surface area contributed by atoms with Crippen molar-refractivity contribution in [2.24, 2.45) is 11.8 Å². The minimum absolute atomic E-state index is 0.0650. The molecule has 3 nitrogen and oxygen atoms in total. The van der Waals surface area contributed by atoms with E-state index in [0.29, 0.717) is 11.8 Å². The van der Waals surface area contributed by atoms with Gasteiger partial charge in [0.1, 0.15) is 0 Å². The van der Waals surface area contributed by atoms with Gasteiger partial charge in [0, 0.05) is 11.5 Å². The average Bonchev–Trinajstić information content (AvgIpc) is 2.59. The lowest BCUT2D eigenvalue weighted by Crippen LogP contribution is -2.65. The van der Waals surface area contributed by atoms with Crippen molar-refractivity contribution in [1.82, 2.24) is 4.90 Å². The summed E-state index contributed by atoms with van der Waals surface area (Å²) in [5.41, 5.74) is 0.856. The van der Waals surface area contributed by atoms with E-state index < -0.39 is 0 Å². The maximum absolute atomic E-state index is 12.6. The molecule has 3 rings (SSSR count). The number of amides is 1. The highest BCUT2D eigenvalue weighted by Gasteiger charge is 2.51. The van der Waals surface area contributed by atoms with Gasteiger partial charge in [0.2, 0.25) is 5.91 Å². The lowest BCUT2D eigenvalue weighted by atomic mass is 9.69. The van der Waals surface area contributed by atoms with Crippen LogP contribution >= 0.6 is 0 Å². The minimum Gasteiger partial charge on any atom is -0.351 e. The molecule has 0 N–H and O–H groups in total. The first-order valence-corrected chi connectivity index (χ1v) is 9.28. The first-order valence-electron chi connectivity index (χ1n) is 9.28. The molecule has 2 fully saturated rings. The van der Waals surface area contributed by atoms with E-state index in [2.05, 4.69) is 39.5 Å². The molecule has 1 heterocycles. The molecule has 1 amide bonds. The summed E-state index contributed by atoms with van der Waals surface area (Å²) in [6.07, 6.45) is 8.68. The highest BCUT2D eigenvalue weighted by molar-refractivity contribution is 5.88. The molecule has 1 saturated heterocycles. The molecular weight excluding hydrogens is 310 g/mol. The van der Waals surface area contributed by atoms with Crippen molar-refractivity contribution in [2.75, 3.05) is 0 Å². The summed E-state index contributed by atoms with van der Waals surface area (Å²) in [6, 6.07) is 10.1. The van der Waals surface area contributed by atoms with Crippen LogP contribution in [-0.2, 0) is 9.53 Å². The Kier molecular flexibility index (Phi) is 5.14. The van der Waals surface area contributed by atoms with Crippen molar-refractivity contribution in [1.29, 1.82) is 0 Å². The molecule has 1 aliphatic heterocycles. The largest absolute Gasteiger partial charge is 0.351 e. The normalized spacial score (nSPS) is 31.6. The summed E-state index contributed by atoms with van der Waals surface area (Å²) in [7, 11) is 0. The van der Waals surface area contributed by atoms with Crippen LogP contribution in [0.2, 0.25) is 0 Å². The van der Waals surface area contributed by atoms with Gasteiger partial charge in [-0.15, -0.1) is 0 Å². The van der Waals surface area contributed by atoms with Crippen molar-refractivity contribution in [2.45, 2.75) is 57.9 Å². The molecule has 1 saturated carbocycles. The Labute approximate surface area is 151 Å². The lowest BCUT2D eigenvalue weighted by molar-refractivity contribution is -0.213. The van der Waals surface area contributed by atoms with E-state index >= 15 is 0 Å². The van der Waals surface area contributed by atoms with Gasteiger partial charge in [-0.25, -0.2) is 0 Å². The van der Waals surface area contributed by atoms with E-state index in [1.165, 1.54) is 12.5 Å². The quantitative estimate of drug-likeness (QED) is 0.750. The second-order valence-electron chi connectivity index (χ2n) is 7.93. The van der Waals surface area contributed by atoms with Crippen molar-refractivity contribution >= 4 is 12.0 Å². The van der Waals surface area contributed by atoms with E-state index in [4.69, 9.17) is 4.74 Å². The summed E-state index contributed by atoms with van der Waals surface area (Å²) >= 11 is 0. The maximum Gasteiger partial charge on any atom is 0.248 e. The second-order valence-corrected chi connectivity index (χ2v) is 7.93. The third-order valence-electron chi connectivity index (χ3n) is 5.82. The molecule has 1 aromatic rings. The number of benzene rings is 1. The van der Waals surface area contributed by atoms with Gasteiger partial charge in [-0.3, -0.25) is 4.79 Å². The van der Waals surface area contributed by atoms with Crippen LogP contribution in [-0.4, -0.2) is 28.7 Å². The van der Waals surface area contributed by atoms with Crippen molar-refractivity contribution in [3.63, 3.8) is 0 Å². The van der Waals surface area contributed by atoms with E-state index in [0.717, 1.165) is 18.4 Å². The standard InChI is InChI=1S/C22H29NO2/c1-5-20(24)23-21(14-12-17-9-7-6-8-10-17)25-19-15-16(2)11-13-18(19)22(23,3)4/h5-10,12,14,16,18-19,21H,1,11,13,15H2,2-4H3/b14-12+/t16-,18-,19-,21+/m1/s1. The topological polar surface area (TPSA) is 29.5 Å². The van der Waals surface area contributed by atoms with Crippen molar-refractivity contribution < 1.29 is 9.53 Å². The number of carbonyl (C=O) groups excluding carboxylic acids is 1. The number of ether oxygens (including phenoxy) is 1. The number of nitrogens with zero attached hydrogens (tertiary/aromatic N) is 1. The van der Waals surface area contributed by atoms with E-state index in [9.17, 15) is 4.79 Å². The maximum atomic E-state index is 12.6. The Morgan fingerprint density at radius 1 is 1.28 bits per heavy atom. The molecule has 2 aliphatic rings. The number of hydrogen-bond acceptors (Lipinski definition) is 2. The molecule has 134 valence electrons. The third-order valence-corrected chi connectivity index (χ3v) is 5.82. The van der Waals surface area contributed by atoms with Gasteiger partial charge in [-0.2, -0.15) is 0 Å². The predicted octanol–water partition coefficient (Wildman–Crippen LogP) is 4.65. The zero-order valence-corrected chi connectivity index (χ0v) is 15.5. The number of fused-ring (bicyclic) bond motifs is 1. The molecule has 0 bridgehead atoms. The van der Waals surface area contributed by atoms with Crippen LogP contribution in [0, 0.1) is 11.8 Å². The second kappa shape index (κ2) is 7.17. The zero-order valence-electron chi connectivity index (χ0n) is 15.5. The molecule has 1 aromatic carbocycles. The third kappa shape index (κ3) is 3.57. The first kappa shape index (κ1) is 17.9. The van der Waals surface area contributed by atoms with Crippen LogP contribution in [0.5, 0.6) is 0 Å². The molecule has 0 radical (unpaired) electrons. The summed E-state index contributed by atoms with van der Waals surface area (Å²) in [5, 5.41) is 0. The number of rotatable bonds is 3.